The highest BCUT2D eigenvalue weighted by Crippen LogP contribution is 2.21. The highest BCUT2D eigenvalue weighted by Gasteiger charge is 2.42. The molecule has 1 aromatic rings. The first-order valence-corrected chi connectivity index (χ1v) is 19.6. The van der Waals surface area contributed by atoms with E-state index in [2.05, 4.69) is 31.9 Å². The van der Waals surface area contributed by atoms with Crippen LogP contribution in [-0.4, -0.2) is 107 Å². The van der Waals surface area contributed by atoms with Crippen LogP contribution in [0.4, 0.5) is 0 Å². The summed E-state index contributed by atoms with van der Waals surface area (Å²) in [6.45, 7) is 16.5. The Bertz CT molecular complexity index is 1600. The number of fused-ring (bicyclic) bond motifs is 1. The van der Waals surface area contributed by atoms with E-state index in [1.54, 1.807) is 85.7 Å². The predicted molar refractivity (Wildman–Crippen MR) is 207 cm³/mol. The number of cyclic esters (lactones) is 1. The third kappa shape index (κ3) is 12.0. The fourth-order valence-electron chi connectivity index (χ4n) is 6.84. The number of hydrogen-bond donors (Lipinski definition) is 6. The number of ether oxygens (including phenoxy) is 1. The molecule has 0 aliphatic carbocycles. The van der Waals surface area contributed by atoms with E-state index in [1.807, 2.05) is 0 Å². The van der Waals surface area contributed by atoms with Crippen molar-refractivity contribution in [3.63, 3.8) is 0 Å². The molecule has 0 saturated carbocycles. The van der Waals surface area contributed by atoms with Gasteiger partial charge in [-0.25, -0.2) is 4.79 Å². The lowest BCUT2D eigenvalue weighted by molar-refractivity contribution is -0.157. The van der Waals surface area contributed by atoms with Gasteiger partial charge in [0.1, 0.15) is 48.4 Å². The maximum absolute atomic E-state index is 14.5. The molecule has 16 heteroatoms. The summed E-state index contributed by atoms with van der Waals surface area (Å²) in [6.07, 6.45) is -0.566. The Kier molecular flexibility index (Phi) is 16.4. The molecule has 2 heterocycles. The molecule has 2 aliphatic heterocycles. The van der Waals surface area contributed by atoms with Crippen molar-refractivity contribution in [2.24, 2.45) is 23.7 Å². The lowest BCUT2D eigenvalue weighted by Crippen LogP contribution is -2.62. The molecule has 2 fully saturated rings. The van der Waals surface area contributed by atoms with Crippen molar-refractivity contribution in [1.29, 1.82) is 0 Å². The highest BCUT2D eigenvalue weighted by atomic mass is 16.5. The van der Waals surface area contributed by atoms with Crippen LogP contribution in [0.15, 0.2) is 30.3 Å². The Labute approximate surface area is 329 Å². The number of esters is 1. The molecule has 56 heavy (non-hydrogen) atoms. The Morgan fingerprint density at radius 2 is 1.30 bits per heavy atom. The molecule has 16 nitrogen and oxygen atoms in total. The fourth-order valence-corrected chi connectivity index (χ4v) is 6.84. The molecule has 2 aliphatic rings. The van der Waals surface area contributed by atoms with E-state index in [-0.39, 0.29) is 13.0 Å². The highest BCUT2D eigenvalue weighted by molar-refractivity contribution is 5.98. The molecule has 1 aromatic carbocycles. The van der Waals surface area contributed by atoms with Crippen LogP contribution >= 0.6 is 0 Å². The van der Waals surface area contributed by atoms with Crippen LogP contribution in [-0.2, 0) is 49.5 Å². The van der Waals surface area contributed by atoms with Crippen LogP contribution in [0.25, 0.3) is 0 Å². The second-order valence-corrected chi connectivity index (χ2v) is 16.2. The zero-order valence-electron chi connectivity index (χ0n) is 34.3. The number of amides is 7. The van der Waals surface area contributed by atoms with Crippen molar-refractivity contribution in [1.82, 2.24) is 36.8 Å². The summed E-state index contributed by atoms with van der Waals surface area (Å²) >= 11 is 0. The molecule has 0 spiro atoms. The molecule has 0 radical (unpaired) electrons. The second kappa shape index (κ2) is 20.2. The minimum atomic E-state index is -1.58. The van der Waals surface area contributed by atoms with Crippen molar-refractivity contribution in [3.05, 3.63) is 35.9 Å². The van der Waals surface area contributed by atoms with Gasteiger partial charge < -0.3 is 41.5 Å². The first-order chi connectivity index (χ1) is 26.2. The van der Waals surface area contributed by atoms with Crippen LogP contribution in [0.2, 0.25) is 0 Å². The molecule has 3 rings (SSSR count). The monoisotopic (exact) mass is 783 g/mol. The number of nitrogens with one attached hydrogen (secondary N) is 6. The van der Waals surface area contributed by atoms with Gasteiger partial charge in [-0.05, 0) is 49.0 Å². The molecule has 0 aromatic heterocycles. The van der Waals surface area contributed by atoms with Crippen molar-refractivity contribution in [3.8, 4) is 0 Å². The zero-order chi connectivity index (χ0) is 42.0. The van der Waals surface area contributed by atoms with E-state index in [0.717, 1.165) is 0 Å². The molecule has 8 atom stereocenters. The first kappa shape index (κ1) is 45.4. The minimum Gasteiger partial charge on any atom is -0.458 e. The third-order valence-electron chi connectivity index (χ3n) is 10.1. The summed E-state index contributed by atoms with van der Waals surface area (Å²) in [4.78, 5) is 111. The van der Waals surface area contributed by atoms with Gasteiger partial charge in [-0.3, -0.25) is 33.6 Å². The van der Waals surface area contributed by atoms with Gasteiger partial charge >= 0.3 is 5.97 Å². The maximum Gasteiger partial charge on any atom is 0.329 e. The van der Waals surface area contributed by atoms with E-state index >= 15 is 0 Å². The fraction of sp³-hybridized carbons (Fsp3) is 0.650. The van der Waals surface area contributed by atoms with E-state index in [9.17, 15) is 38.4 Å². The van der Waals surface area contributed by atoms with Crippen molar-refractivity contribution in [2.75, 3.05) is 6.54 Å². The number of carbonyl (C=O) groups is 8. The maximum atomic E-state index is 14.5. The van der Waals surface area contributed by atoms with Gasteiger partial charge in [0.25, 0.3) is 0 Å². The van der Waals surface area contributed by atoms with Gasteiger partial charge in [-0.2, -0.15) is 0 Å². The molecule has 0 bridgehead atoms. The van der Waals surface area contributed by atoms with Crippen molar-refractivity contribution < 1.29 is 43.1 Å². The molecule has 310 valence electrons. The Hall–Kier alpha value is -5.02. The van der Waals surface area contributed by atoms with Gasteiger partial charge in [0.2, 0.25) is 41.4 Å². The van der Waals surface area contributed by atoms with E-state index in [1.165, 1.54) is 18.7 Å². The smallest absolute Gasteiger partial charge is 0.329 e. The quantitative estimate of drug-likeness (QED) is 0.194. The number of rotatable bonds is 9. The number of hydrogen-bond acceptors (Lipinski definition) is 9. The van der Waals surface area contributed by atoms with Gasteiger partial charge in [0.15, 0.2) is 0 Å². The van der Waals surface area contributed by atoms with E-state index in [0.29, 0.717) is 18.4 Å². The van der Waals surface area contributed by atoms with Gasteiger partial charge in [-0.1, -0.05) is 85.7 Å². The zero-order valence-corrected chi connectivity index (χ0v) is 34.3. The molecule has 7 amide bonds. The second-order valence-electron chi connectivity index (χ2n) is 16.2. The van der Waals surface area contributed by atoms with Crippen LogP contribution in [0.1, 0.15) is 87.6 Å². The van der Waals surface area contributed by atoms with Crippen LogP contribution in [0, 0.1) is 23.7 Å². The average molecular weight is 784 g/mol. The molecule has 6 N–H and O–H groups in total. The Morgan fingerprint density at radius 3 is 1.82 bits per heavy atom. The number of nitrogens with zero attached hydrogens (tertiary/aromatic N) is 1. The summed E-state index contributed by atoms with van der Waals surface area (Å²) in [5.41, 5.74) is 0.696. The minimum absolute atomic E-state index is 0.0146. The standard InChI is InChI=1S/C40H61N7O9/c1-20(2)29(41-25(10)48)35(50)46-33-24(9)56-40(55)32(23(7)8)45-37(52)31(22(5)6)44-36(51)30(21(3)4)43-34(49)28-17-14-18-47(28)39(54)27(42-38(33)53)19-26-15-12-11-13-16-26/h11-13,15-16,20-24,27-33H,14,17-19H2,1-10H3,(H,41,48)(H,42,53)(H,43,49)(H,44,51)(H,45,52)(H,46,50). The lowest BCUT2D eigenvalue weighted by Gasteiger charge is -2.32. The number of carbonyl (C=O) groups excluding carboxylic acids is 8. The summed E-state index contributed by atoms with van der Waals surface area (Å²) in [7, 11) is 0. The summed E-state index contributed by atoms with van der Waals surface area (Å²) < 4.78 is 5.82. The summed E-state index contributed by atoms with van der Waals surface area (Å²) in [5, 5.41) is 16.2. The Morgan fingerprint density at radius 1 is 0.768 bits per heavy atom. The van der Waals surface area contributed by atoms with Crippen LogP contribution in [0.5, 0.6) is 0 Å². The molecule has 8 unspecified atom stereocenters. The van der Waals surface area contributed by atoms with Crippen LogP contribution < -0.4 is 31.9 Å². The SMILES string of the molecule is CC(=O)NC(C(=O)NC1C(=O)NC(Cc2ccccc2)C(=O)N2CCCC2C(=O)NC(C(C)C)C(=O)NC(C(C)C)C(=O)NC(C(C)C)C(=O)OC1C)C(C)C. The van der Waals surface area contributed by atoms with Gasteiger partial charge in [0, 0.05) is 19.9 Å². The molecule has 2 saturated heterocycles. The lowest BCUT2D eigenvalue weighted by atomic mass is 9.98. The van der Waals surface area contributed by atoms with Gasteiger partial charge in [-0.15, -0.1) is 0 Å². The van der Waals surface area contributed by atoms with Gasteiger partial charge in [0.05, 0.1) is 0 Å². The Balaban J connectivity index is 2.17. The third-order valence-corrected chi connectivity index (χ3v) is 10.1. The average Bonchev–Trinajstić information content (AvgIpc) is 3.61. The number of benzene rings is 1. The first-order valence-electron chi connectivity index (χ1n) is 19.6. The van der Waals surface area contributed by atoms with Crippen molar-refractivity contribution >= 4 is 47.3 Å². The van der Waals surface area contributed by atoms with Crippen molar-refractivity contribution in [2.45, 2.75) is 137 Å². The topological polar surface area (TPSA) is 221 Å². The largest absolute Gasteiger partial charge is 0.458 e. The normalized spacial score (nSPS) is 26.6. The molecular formula is C40H61N7O9. The predicted octanol–water partition coefficient (Wildman–Crippen LogP) is 0.718. The van der Waals surface area contributed by atoms with E-state index < -0.39 is 119 Å². The molecular weight excluding hydrogens is 722 g/mol. The summed E-state index contributed by atoms with van der Waals surface area (Å²) in [6, 6.07) is 0.645. The van der Waals surface area contributed by atoms with E-state index in [4.69, 9.17) is 4.74 Å². The summed E-state index contributed by atoms with van der Waals surface area (Å²) in [5.74, 6) is -7.17. The van der Waals surface area contributed by atoms with Crippen LogP contribution in [0.3, 0.4) is 0 Å².